The zero-order valence-corrected chi connectivity index (χ0v) is 7.80. The van der Waals surface area contributed by atoms with Crippen LogP contribution in [0.1, 0.15) is 26.2 Å². The molecule has 0 amide bonds. The molecule has 12 heavy (non-hydrogen) atoms. The summed E-state index contributed by atoms with van der Waals surface area (Å²) in [6.45, 7) is 5.38. The van der Waals surface area contributed by atoms with E-state index in [9.17, 15) is 4.79 Å². The number of unbranched alkanes of at least 4 members (excludes halogenated alkanes) is 2. The Morgan fingerprint density at radius 1 is 1.50 bits per heavy atom. The first-order valence-electron chi connectivity index (χ1n) is 4.08. The SMILES string of the molecule is C=CCCC/C=C(/C)C(=O)OC. The van der Waals surface area contributed by atoms with Gasteiger partial charge in [-0.2, -0.15) is 0 Å². The number of methoxy groups -OCH3 is 1. The fourth-order valence-electron chi connectivity index (χ4n) is 0.825. The van der Waals surface area contributed by atoms with E-state index in [0.717, 1.165) is 19.3 Å². The van der Waals surface area contributed by atoms with Gasteiger partial charge in [-0.25, -0.2) is 4.79 Å². The lowest BCUT2D eigenvalue weighted by Crippen LogP contribution is -2.00. The van der Waals surface area contributed by atoms with Crippen LogP contribution in [0.2, 0.25) is 0 Å². The van der Waals surface area contributed by atoms with Crippen LogP contribution in [0.25, 0.3) is 0 Å². The van der Waals surface area contributed by atoms with E-state index < -0.39 is 0 Å². The van der Waals surface area contributed by atoms with E-state index in [0.29, 0.717) is 5.57 Å². The largest absolute Gasteiger partial charge is 0.466 e. The van der Waals surface area contributed by atoms with Crippen LogP contribution in [0, 0.1) is 0 Å². The minimum Gasteiger partial charge on any atom is -0.466 e. The molecule has 0 aliphatic heterocycles. The normalized spacial score (nSPS) is 11.0. The van der Waals surface area contributed by atoms with E-state index in [1.807, 2.05) is 12.2 Å². The van der Waals surface area contributed by atoms with Crippen LogP contribution < -0.4 is 0 Å². The van der Waals surface area contributed by atoms with Gasteiger partial charge in [-0.05, 0) is 26.2 Å². The lowest BCUT2D eigenvalue weighted by molar-refractivity contribution is -0.136. The van der Waals surface area contributed by atoms with Crippen LogP contribution in [0.4, 0.5) is 0 Å². The van der Waals surface area contributed by atoms with Gasteiger partial charge < -0.3 is 4.74 Å². The number of carbonyl (C=O) groups excluding carboxylic acids is 1. The summed E-state index contributed by atoms with van der Waals surface area (Å²) in [6, 6.07) is 0. The average Bonchev–Trinajstić information content (AvgIpc) is 2.10. The molecule has 0 aromatic heterocycles. The first-order chi connectivity index (χ1) is 5.72. The topological polar surface area (TPSA) is 26.3 Å². The Morgan fingerprint density at radius 2 is 2.17 bits per heavy atom. The molecule has 0 bridgehead atoms. The smallest absolute Gasteiger partial charge is 0.333 e. The summed E-state index contributed by atoms with van der Waals surface area (Å²) in [5, 5.41) is 0. The molecule has 0 saturated carbocycles. The zero-order valence-electron chi connectivity index (χ0n) is 7.80. The van der Waals surface area contributed by atoms with Crippen molar-refractivity contribution in [3.63, 3.8) is 0 Å². The van der Waals surface area contributed by atoms with E-state index in [1.54, 1.807) is 6.92 Å². The molecule has 0 spiro atoms. The standard InChI is InChI=1S/C10H16O2/c1-4-5-6-7-8-9(2)10(11)12-3/h4,8H,1,5-7H2,2-3H3/b9-8-. The molecule has 0 rings (SSSR count). The van der Waals surface area contributed by atoms with Crippen molar-refractivity contribution < 1.29 is 9.53 Å². The van der Waals surface area contributed by atoms with Gasteiger partial charge in [-0.3, -0.25) is 0 Å². The van der Waals surface area contributed by atoms with Crippen LogP contribution in [0.5, 0.6) is 0 Å². The maximum atomic E-state index is 10.9. The highest BCUT2D eigenvalue weighted by Gasteiger charge is 2.00. The first kappa shape index (κ1) is 11.0. The Hall–Kier alpha value is -1.05. The van der Waals surface area contributed by atoms with E-state index in [4.69, 9.17) is 0 Å². The van der Waals surface area contributed by atoms with E-state index in [1.165, 1.54) is 7.11 Å². The summed E-state index contributed by atoms with van der Waals surface area (Å²) < 4.78 is 4.54. The Morgan fingerprint density at radius 3 is 2.67 bits per heavy atom. The number of hydrogen-bond acceptors (Lipinski definition) is 2. The number of rotatable bonds is 5. The van der Waals surface area contributed by atoms with E-state index >= 15 is 0 Å². The number of carbonyl (C=O) groups is 1. The van der Waals surface area contributed by atoms with Gasteiger partial charge in [0.2, 0.25) is 0 Å². The summed E-state index contributed by atoms with van der Waals surface area (Å²) >= 11 is 0. The maximum Gasteiger partial charge on any atom is 0.333 e. The summed E-state index contributed by atoms with van der Waals surface area (Å²) in [5.74, 6) is -0.242. The zero-order chi connectivity index (χ0) is 9.40. The number of allylic oxidation sites excluding steroid dienone is 2. The third-order valence-corrected chi connectivity index (χ3v) is 1.57. The fraction of sp³-hybridized carbons (Fsp3) is 0.500. The van der Waals surface area contributed by atoms with Gasteiger partial charge in [0.1, 0.15) is 0 Å². The predicted octanol–water partition coefficient (Wildman–Crippen LogP) is 2.46. The molecule has 0 atom stereocenters. The van der Waals surface area contributed by atoms with Crippen molar-refractivity contribution in [3.05, 3.63) is 24.3 Å². The molecule has 0 aliphatic carbocycles. The highest BCUT2D eigenvalue weighted by Crippen LogP contribution is 2.02. The van der Waals surface area contributed by atoms with Crippen LogP contribution in [-0.4, -0.2) is 13.1 Å². The van der Waals surface area contributed by atoms with Gasteiger partial charge in [-0.1, -0.05) is 12.2 Å². The van der Waals surface area contributed by atoms with Gasteiger partial charge in [0.05, 0.1) is 7.11 Å². The molecule has 0 radical (unpaired) electrons. The van der Waals surface area contributed by atoms with Crippen LogP contribution in [-0.2, 0) is 9.53 Å². The lowest BCUT2D eigenvalue weighted by Gasteiger charge is -1.97. The summed E-state index contributed by atoms with van der Waals surface area (Å²) in [5.41, 5.74) is 0.682. The highest BCUT2D eigenvalue weighted by molar-refractivity contribution is 5.87. The van der Waals surface area contributed by atoms with Crippen molar-refractivity contribution in [2.45, 2.75) is 26.2 Å². The van der Waals surface area contributed by atoms with Gasteiger partial charge in [0.25, 0.3) is 0 Å². The van der Waals surface area contributed by atoms with E-state index in [2.05, 4.69) is 11.3 Å². The second-order valence-corrected chi connectivity index (χ2v) is 2.60. The summed E-state index contributed by atoms with van der Waals surface area (Å²) in [7, 11) is 1.39. The molecule has 2 heteroatoms. The molecule has 68 valence electrons. The van der Waals surface area contributed by atoms with Gasteiger partial charge in [0.15, 0.2) is 0 Å². The lowest BCUT2D eigenvalue weighted by atomic mass is 10.2. The quantitative estimate of drug-likeness (QED) is 0.273. The van der Waals surface area contributed by atoms with Crippen molar-refractivity contribution >= 4 is 5.97 Å². The highest BCUT2D eigenvalue weighted by atomic mass is 16.5. The molecule has 0 aromatic rings. The number of ether oxygens (including phenoxy) is 1. The second-order valence-electron chi connectivity index (χ2n) is 2.60. The maximum absolute atomic E-state index is 10.9. The summed E-state index contributed by atoms with van der Waals surface area (Å²) in [6.07, 6.45) is 6.71. The number of hydrogen-bond donors (Lipinski definition) is 0. The molecular weight excluding hydrogens is 152 g/mol. The molecule has 0 fully saturated rings. The van der Waals surface area contributed by atoms with Crippen LogP contribution in [0.15, 0.2) is 24.3 Å². The van der Waals surface area contributed by atoms with Gasteiger partial charge in [0, 0.05) is 5.57 Å². The third kappa shape index (κ3) is 4.72. The monoisotopic (exact) mass is 168 g/mol. The minimum absolute atomic E-state index is 0.242. The number of esters is 1. The minimum atomic E-state index is -0.242. The average molecular weight is 168 g/mol. The third-order valence-electron chi connectivity index (χ3n) is 1.57. The molecule has 0 unspecified atom stereocenters. The molecule has 0 heterocycles. The molecule has 0 N–H and O–H groups in total. The summed E-state index contributed by atoms with van der Waals surface area (Å²) in [4.78, 5) is 10.9. The molecule has 0 saturated heterocycles. The van der Waals surface area contributed by atoms with Crippen molar-refractivity contribution in [2.75, 3.05) is 7.11 Å². The van der Waals surface area contributed by atoms with Crippen LogP contribution in [0.3, 0.4) is 0 Å². The Labute approximate surface area is 73.9 Å². The Kier molecular flexibility index (Phi) is 6.07. The molecule has 0 aromatic carbocycles. The molecule has 0 aliphatic rings. The second kappa shape index (κ2) is 6.65. The van der Waals surface area contributed by atoms with Crippen molar-refractivity contribution in [3.8, 4) is 0 Å². The Balaban J connectivity index is 3.68. The van der Waals surface area contributed by atoms with Crippen molar-refractivity contribution in [2.24, 2.45) is 0 Å². The Bertz CT molecular complexity index is 180. The van der Waals surface area contributed by atoms with Crippen molar-refractivity contribution in [1.29, 1.82) is 0 Å². The van der Waals surface area contributed by atoms with E-state index in [-0.39, 0.29) is 5.97 Å². The molecule has 2 nitrogen and oxygen atoms in total. The van der Waals surface area contributed by atoms with Gasteiger partial charge in [-0.15, -0.1) is 6.58 Å². The van der Waals surface area contributed by atoms with Crippen LogP contribution >= 0.6 is 0 Å². The first-order valence-corrected chi connectivity index (χ1v) is 4.08. The fourth-order valence-corrected chi connectivity index (χ4v) is 0.825. The molecular formula is C10H16O2. The van der Waals surface area contributed by atoms with Gasteiger partial charge >= 0.3 is 5.97 Å². The predicted molar refractivity (Wildman–Crippen MR) is 49.8 cm³/mol. The van der Waals surface area contributed by atoms with Crippen molar-refractivity contribution in [1.82, 2.24) is 0 Å².